The van der Waals surface area contributed by atoms with Crippen LogP contribution in [0, 0.1) is 5.92 Å². The first-order valence-electron chi connectivity index (χ1n) is 4.97. The number of nitrogens with one attached hydrogen (secondary N) is 1. The normalized spacial score (nSPS) is 15.4. The summed E-state index contributed by atoms with van der Waals surface area (Å²) in [6.07, 6.45) is -1.88. The van der Waals surface area contributed by atoms with Crippen LogP contribution in [-0.4, -0.2) is 6.54 Å². The van der Waals surface area contributed by atoms with Crippen LogP contribution in [0.2, 0.25) is 0 Å². The van der Waals surface area contributed by atoms with Crippen LogP contribution >= 0.6 is 12.4 Å². The van der Waals surface area contributed by atoms with Gasteiger partial charge in [-0.25, -0.2) is 0 Å². The molecule has 0 aromatic heterocycles. The highest BCUT2D eigenvalue weighted by Crippen LogP contribution is 2.32. The number of halogens is 4. The predicted octanol–water partition coefficient (Wildman–Crippen LogP) is 3.95. The van der Waals surface area contributed by atoms with Crippen LogP contribution in [0.4, 0.5) is 18.9 Å². The van der Waals surface area contributed by atoms with E-state index in [1.165, 1.54) is 18.9 Å². The summed E-state index contributed by atoms with van der Waals surface area (Å²) >= 11 is 0. The molecule has 1 aliphatic carbocycles. The molecule has 0 saturated heterocycles. The van der Waals surface area contributed by atoms with E-state index in [4.69, 9.17) is 0 Å². The topological polar surface area (TPSA) is 12.0 Å². The monoisotopic (exact) mass is 251 g/mol. The molecule has 1 aliphatic rings. The number of alkyl halides is 3. The molecule has 1 N–H and O–H groups in total. The maximum atomic E-state index is 12.4. The van der Waals surface area contributed by atoms with Crippen molar-refractivity contribution in [2.75, 3.05) is 11.9 Å². The molecular weight excluding hydrogens is 239 g/mol. The van der Waals surface area contributed by atoms with Gasteiger partial charge in [-0.1, -0.05) is 6.07 Å². The van der Waals surface area contributed by atoms with Gasteiger partial charge in [-0.05, 0) is 37.0 Å². The third-order valence-electron chi connectivity index (χ3n) is 2.48. The number of rotatable bonds is 3. The van der Waals surface area contributed by atoms with Crippen molar-refractivity contribution in [3.05, 3.63) is 29.8 Å². The van der Waals surface area contributed by atoms with Gasteiger partial charge in [0.1, 0.15) is 0 Å². The van der Waals surface area contributed by atoms with Gasteiger partial charge < -0.3 is 5.32 Å². The molecule has 0 heterocycles. The van der Waals surface area contributed by atoms with Gasteiger partial charge in [0.25, 0.3) is 0 Å². The Morgan fingerprint density at radius 2 is 1.94 bits per heavy atom. The molecule has 0 bridgehead atoms. The van der Waals surface area contributed by atoms with Crippen molar-refractivity contribution in [1.82, 2.24) is 0 Å². The first-order valence-corrected chi connectivity index (χ1v) is 4.97. The van der Waals surface area contributed by atoms with Crippen molar-refractivity contribution in [1.29, 1.82) is 0 Å². The van der Waals surface area contributed by atoms with E-state index in [0.29, 0.717) is 11.6 Å². The van der Waals surface area contributed by atoms with Gasteiger partial charge in [-0.2, -0.15) is 13.2 Å². The van der Waals surface area contributed by atoms with E-state index in [2.05, 4.69) is 5.32 Å². The highest BCUT2D eigenvalue weighted by molar-refractivity contribution is 5.85. The van der Waals surface area contributed by atoms with Crippen LogP contribution in [0.1, 0.15) is 18.4 Å². The molecule has 2 rings (SSSR count). The van der Waals surface area contributed by atoms with Crippen LogP contribution in [-0.2, 0) is 6.18 Å². The first kappa shape index (κ1) is 13.2. The van der Waals surface area contributed by atoms with Crippen molar-refractivity contribution in [2.45, 2.75) is 19.0 Å². The second kappa shape index (κ2) is 4.95. The second-order valence-corrected chi connectivity index (χ2v) is 3.90. The summed E-state index contributed by atoms with van der Waals surface area (Å²) in [7, 11) is 0. The summed E-state index contributed by atoms with van der Waals surface area (Å²) < 4.78 is 37.1. The van der Waals surface area contributed by atoms with Gasteiger partial charge in [-0.15, -0.1) is 12.4 Å². The molecule has 16 heavy (non-hydrogen) atoms. The Labute approximate surface area is 98.4 Å². The minimum Gasteiger partial charge on any atom is -0.385 e. The van der Waals surface area contributed by atoms with Crippen molar-refractivity contribution in [3.8, 4) is 0 Å². The number of benzene rings is 1. The summed E-state index contributed by atoms with van der Waals surface area (Å²) in [5.74, 6) is 0.652. The second-order valence-electron chi connectivity index (χ2n) is 3.90. The summed E-state index contributed by atoms with van der Waals surface area (Å²) in [4.78, 5) is 0. The molecule has 1 nitrogen and oxygen atoms in total. The van der Waals surface area contributed by atoms with Gasteiger partial charge in [0.2, 0.25) is 0 Å². The van der Waals surface area contributed by atoms with Gasteiger partial charge in [0.15, 0.2) is 0 Å². The third kappa shape index (κ3) is 3.59. The lowest BCUT2D eigenvalue weighted by Gasteiger charge is -2.10. The Balaban J connectivity index is 0.00000128. The lowest BCUT2D eigenvalue weighted by molar-refractivity contribution is -0.137. The van der Waals surface area contributed by atoms with E-state index in [9.17, 15) is 13.2 Å². The molecule has 1 aromatic carbocycles. The molecule has 1 aromatic rings. The fraction of sp³-hybridized carbons (Fsp3) is 0.455. The average Bonchev–Trinajstić information content (AvgIpc) is 2.97. The molecule has 0 spiro atoms. The van der Waals surface area contributed by atoms with Crippen molar-refractivity contribution in [2.24, 2.45) is 5.92 Å². The number of hydrogen-bond donors (Lipinski definition) is 1. The molecule has 1 saturated carbocycles. The molecule has 90 valence electrons. The molecule has 0 amide bonds. The molecule has 0 radical (unpaired) electrons. The zero-order valence-corrected chi connectivity index (χ0v) is 9.37. The van der Waals surface area contributed by atoms with Crippen LogP contribution in [0.5, 0.6) is 0 Å². The minimum absolute atomic E-state index is 0. The Bertz CT molecular complexity index is 347. The standard InChI is InChI=1S/C11H12F3N.ClH/c12-11(13,14)9-2-1-3-10(6-9)15-7-8-4-5-8;/h1-3,6,8,15H,4-5,7H2;1H. The molecule has 0 aliphatic heterocycles. The van der Waals surface area contributed by atoms with Crippen LogP contribution in [0.3, 0.4) is 0 Å². The summed E-state index contributed by atoms with van der Waals surface area (Å²) in [5.41, 5.74) is -0.0416. The Kier molecular flexibility index (Phi) is 4.08. The van der Waals surface area contributed by atoms with Gasteiger partial charge in [0, 0.05) is 12.2 Å². The summed E-state index contributed by atoms with van der Waals surface area (Å²) in [6.45, 7) is 0.779. The summed E-state index contributed by atoms with van der Waals surface area (Å²) in [5, 5.41) is 3.02. The van der Waals surface area contributed by atoms with E-state index in [-0.39, 0.29) is 12.4 Å². The highest BCUT2D eigenvalue weighted by Gasteiger charge is 2.30. The van der Waals surface area contributed by atoms with Gasteiger partial charge >= 0.3 is 6.18 Å². The molecule has 1 fully saturated rings. The Hall–Kier alpha value is -0.900. The minimum atomic E-state index is -4.25. The Morgan fingerprint density at radius 3 is 2.50 bits per heavy atom. The van der Waals surface area contributed by atoms with Crippen LogP contribution in [0.15, 0.2) is 24.3 Å². The Morgan fingerprint density at radius 1 is 1.25 bits per heavy atom. The maximum Gasteiger partial charge on any atom is 0.416 e. The summed E-state index contributed by atoms with van der Waals surface area (Å²) in [6, 6.07) is 5.33. The predicted molar refractivity (Wildman–Crippen MR) is 59.9 cm³/mol. The zero-order chi connectivity index (χ0) is 10.9. The number of hydrogen-bond acceptors (Lipinski definition) is 1. The third-order valence-corrected chi connectivity index (χ3v) is 2.48. The smallest absolute Gasteiger partial charge is 0.385 e. The maximum absolute atomic E-state index is 12.4. The van der Waals surface area contributed by atoms with Crippen LogP contribution < -0.4 is 5.32 Å². The van der Waals surface area contributed by atoms with Gasteiger partial charge in [-0.3, -0.25) is 0 Å². The van der Waals surface area contributed by atoms with E-state index in [1.54, 1.807) is 6.07 Å². The number of anilines is 1. The largest absolute Gasteiger partial charge is 0.416 e. The fourth-order valence-corrected chi connectivity index (χ4v) is 1.39. The van der Waals surface area contributed by atoms with E-state index < -0.39 is 11.7 Å². The zero-order valence-electron chi connectivity index (χ0n) is 8.55. The molecule has 5 heteroatoms. The highest BCUT2D eigenvalue weighted by atomic mass is 35.5. The van der Waals surface area contributed by atoms with Crippen molar-refractivity contribution >= 4 is 18.1 Å². The average molecular weight is 252 g/mol. The molecule has 0 atom stereocenters. The molecular formula is C11H13ClF3N. The van der Waals surface area contributed by atoms with Crippen molar-refractivity contribution in [3.63, 3.8) is 0 Å². The van der Waals surface area contributed by atoms with Gasteiger partial charge in [0.05, 0.1) is 5.56 Å². The SMILES string of the molecule is Cl.FC(F)(F)c1cccc(NCC2CC2)c1. The lowest BCUT2D eigenvalue weighted by atomic mass is 10.2. The van der Waals surface area contributed by atoms with E-state index in [0.717, 1.165) is 18.7 Å². The molecule has 0 unspecified atom stereocenters. The van der Waals surface area contributed by atoms with E-state index >= 15 is 0 Å². The lowest BCUT2D eigenvalue weighted by Crippen LogP contribution is -2.07. The fourth-order valence-electron chi connectivity index (χ4n) is 1.39. The van der Waals surface area contributed by atoms with E-state index in [1.807, 2.05) is 0 Å². The van der Waals surface area contributed by atoms with Crippen molar-refractivity contribution < 1.29 is 13.2 Å². The first-order chi connectivity index (χ1) is 7.05. The van der Waals surface area contributed by atoms with Crippen LogP contribution in [0.25, 0.3) is 0 Å². The quantitative estimate of drug-likeness (QED) is 0.858.